The zero-order valence-corrected chi connectivity index (χ0v) is 53.9. The van der Waals surface area contributed by atoms with Gasteiger partial charge in [-0.05, 0) is 56.4 Å². The average Bonchev–Trinajstić information content (AvgIpc) is 0.926. The highest BCUT2D eigenvalue weighted by molar-refractivity contribution is 7.99. The number of benzene rings is 7. The van der Waals surface area contributed by atoms with Gasteiger partial charge in [-0.25, -0.2) is 0 Å². The summed E-state index contributed by atoms with van der Waals surface area (Å²) in [7, 11) is -1.72. The van der Waals surface area contributed by atoms with Crippen molar-refractivity contribution in [1.29, 1.82) is 0 Å². The van der Waals surface area contributed by atoms with Gasteiger partial charge < -0.3 is 56.5 Å². The first kappa shape index (κ1) is 65.4. The van der Waals surface area contributed by atoms with Crippen molar-refractivity contribution in [2.24, 2.45) is 0 Å². The molecule has 0 aromatic heterocycles. The molecule has 3 heterocycles. The predicted molar refractivity (Wildman–Crippen MR) is 349 cm³/mol. The summed E-state index contributed by atoms with van der Waals surface area (Å²) in [6, 6.07) is 69.9. The minimum atomic E-state index is -3.39. The van der Waals surface area contributed by atoms with E-state index in [-0.39, 0.29) is 26.4 Å². The molecule has 7 aromatic carbocycles. The number of hydrogen-bond acceptors (Lipinski definition) is 13. The second-order valence-corrected chi connectivity index (χ2v) is 29.6. The molecule has 0 unspecified atom stereocenters. The molecule has 0 spiro atoms. The van der Waals surface area contributed by atoms with Crippen LogP contribution in [0.5, 0.6) is 5.75 Å². The van der Waals surface area contributed by atoms with Crippen molar-refractivity contribution in [3.63, 3.8) is 0 Å². The maximum Gasteiger partial charge on any atom is 0.261 e. The van der Waals surface area contributed by atoms with E-state index in [0.717, 1.165) is 57.5 Å². The summed E-state index contributed by atoms with van der Waals surface area (Å²) in [5.41, 5.74) is 4.04. The van der Waals surface area contributed by atoms with Crippen LogP contribution < -0.4 is 15.1 Å². The third-order valence-electron chi connectivity index (χ3n) is 16.7. The van der Waals surface area contributed by atoms with E-state index in [1.165, 1.54) is 19.3 Å². The van der Waals surface area contributed by atoms with E-state index in [2.05, 4.69) is 132 Å². The summed E-state index contributed by atoms with van der Waals surface area (Å²) in [6.07, 6.45) is -2.04. The highest BCUT2D eigenvalue weighted by Crippen LogP contribution is 2.46. The van der Waals surface area contributed by atoms with E-state index < -0.39 is 86.5 Å². The van der Waals surface area contributed by atoms with E-state index in [1.54, 1.807) is 18.9 Å². The van der Waals surface area contributed by atoms with Crippen molar-refractivity contribution in [3.05, 3.63) is 234 Å². The molecule has 0 aliphatic carbocycles. The fourth-order valence-electron chi connectivity index (χ4n) is 12.2. The topological polar surface area (TPSA) is 111 Å². The van der Waals surface area contributed by atoms with Crippen LogP contribution in [-0.2, 0) is 71.6 Å². The molecule has 0 bridgehead atoms. The van der Waals surface area contributed by atoms with E-state index >= 15 is 0 Å². The maximum atomic E-state index is 8.38. The maximum absolute atomic E-state index is 8.38. The molecule has 3 aliphatic rings. The van der Waals surface area contributed by atoms with Crippen LogP contribution in [0.25, 0.3) is 0 Å². The third kappa shape index (κ3) is 16.9. The van der Waals surface area contributed by atoms with Gasteiger partial charge in [0, 0.05) is 17.7 Å². The Morgan fingerprint density at radius 2 is 1.07 bits per heavy atom. The van der Waals surface area contributed by atoms with Crippen LogP contribution in [0.15, 0.2) is 206 Å². The van der Waals surface area contributed by atoms with Crippen molar-refractivity contribution in [1.82, 2.24) is 0 Å². The molecule has 468 valence electrons. The molecule has 88 heavy (non-hydrogen) atoms. The van der Waals surface area contributed by atoms with Gasteiger partial charge >= 0.3 is 0 Å². The fraction of sp³-hybridized carbons (Fsp3) is 0.432. The van der Waals surface area contributed by atoms with Gasteiger partial charge in [-0.3, -0.25) is 0 Å². The Hall–Kier alpha value is -5.53. The number of fused-ring (bicyclic) bond motifs is 1. The van der Waals surface area contributed by atoms with Gasteiger partial charge in [-0.2, -0.15) is 0 Å². The zero-order valence-electron chi connectivity index (χ0n) is 52.1. The molecule has 12 nitrogen and oxygen atoms in total. The Balaban J connectivity index is 1.11. The number of unbranched alkanes of at least 4 members (excludes halogenated alkanes) is 5. The summed E-state index contributed by atoms with van der Waals surface area (Å²) in [6.45, 7) is 13.0. The molecule has 12 atom stereocenters. The Labute approximate surface area is 527 Å². The van der Waals surface area contributed by atoms with Crippen molar-refractivity contribution in [2.75, 3.05) is 32.7 Å². The molecular formula is C74H90O12SSi. The van der Waals surface area contributed by atoms with Gasteiger partial charge in [0.05, 0.1) is 40.1 Å². The first-order chi connectivity index (χ1) is 43.1. The summed E-state index contributed by atoms with van der Waals surface area (Å²) >= 11 is 1.66. The van der Waals surface area contributed by atoms with Crippen molar-refractivity contribution in [3.8, 4) is 5.75 Å². The van der Waals surface area contributed by atoms with Crippen molar-refractivity contribution >= 4 is 30.5 Å². The monoisotopic (exact) mass is 1230 g/mol. The van der Waals surface area contributed by atoms with Crippen LogP contribution in [-0.4, -0.2) is 102 Å². The molecule has 3 fully saturated rings. The lowest BCUT2D eigenvalue weighted by Crippen LogP contribution is -2.72. The summed E-state index contributed by atoms with van der Waals surface area (Å²) in [4.78, 5) is 0. The highest BCUT2D eigenvalue weighted by atomic mass is 32.2. The van der Waals surface area contributed by atoms with Crippen LogP contribution >= 0.6 is 11.8 Å². The van der Waals surface area contributed by atoms with E-state index in [1.807, 2.05) is 109 Å². The van der Waals surface area contributed by atoms with Gasteiger partial charge in [-0.1, -0.05) is 261 Å². The second-order valence-electron chi connectivity index (χ2n) is 23.9. The molecule has 0 radical (unpaired) electrons. The van der Waals surface area contributed by atoms with E-state index in [4.69, 9.17) is 56.5 Å². The lowest BCUT2D eigenvalue weighted by Gasteiger charge is -2.54. The van der Waals surface area contributed by atoms with Gasteiger partial charge in [0.15, 0.2) is 18.9 Å². The SMILES string of the molecule is CCCCCCCCO[C@@H]1O[C@H](COCc2ccccc2)[C@@H](O[C@H](O[C@H]2[C@@H](O[Si](c3ccccc3)(c3ccccc3)C(C)(C)C)[C@@H]3O[C@H](c4ccccc4)OC[C@H]3O[C@@H]2SCC)c2ccc(OC)cc2)[C@H](OCc2ccccc2)[C@H]1OCc1ccccc1. The molecule has 0 N–H and O–H groups in total. The number of thioether (sulfide) groups is 1. The Morgan fingerprint density at radius 1 is 0.534 bits per heavy atom. The van der Waals surface area contributed by atoms with E-state index in [9.17, 15) is 0 Å². The normalized spacial score (nSPS) is 24.3. The second kappa shape index (κ2) is 33.0. The number of hydrogen-bond donors (Lipinski definition) is 0. The molecule has 3 aliphatic heterocycles. The molecule has 0 saturated carbocycles. The third-order valence-corrected chi connectivity index (χ3v) is 22.8. The zero-order chi connectivity index (χ0) is 61.0. The predicted octanol–water partition coefficient (Wildman–Crippen LogP) is 14.5. The summed E-state index contributed by atoms with van der Waals surface area (Å²) in [5.74, 6) is 1.39. The van der Waals surface area contributed by atoms with Gasteiger partial charge in [0.2, 0.25) is 0 Å². The molecule has 14 heteroatoms. The van der Waals surface area contributed by atoms with Crippen LogP contribution in [0, 0.1) is 0 Å². The van der Waals surface area contributed by atoms with Crippen molar-refractivity contribution < 1.29 is 56.5 Å². The number of methoxy groups -OCH3 is 1. The Kier molecular flexibility index (Phi) is 24.5. The lowest BCUT2D eigenvalue weighted by molar-refractivity contribution is -0.361. The smallest absolute Gasteiger partial charge is 0.261 e. The first-order valence-corrected chi connectivity index (χ1v) is 34.6. The van der Waals surface area contributed by atoms with E-state index in [0.29, 0.717) is 24.7 Å². The van der Waals surface area contributed by atoms with Crippen LogP contribution in [0.1, 0.15) is 114 Å². The summed E-state index contributed by atoms with van der Waals surface area (Å²) in [5, 5.41) is 1.82. The van der Waals surface area contributed by atoms with Gasteiger partial charge in [0.25, 0.3) is 8.32 Å². The number of ether oxygens (including phenoxy) is 11. The highest BCUT2D eigenvalue weighted by Gasteiger charge is 2.59. The average molecular weight is 1230 g/mol. The van der Waals surface area contributed by atoms with Crippen LogP contribution in [0.3, 0.4) is 0 Å². The summed E-state index contributed by atoms with van der Waals surface area (Å²) < 4.78 is 86.5. The van der Waals surface area contributed by atoms with Gasteiger partial charge in [0.1, 0.15) is 60.0 Å². The quantitative estimate of drug-likeness (QED) is 0.0234. The minimum Gasteiger partial charge on any atom is -0.497 e. The standard InChI is InChI=1S/C74H90O12SSi/c1-7-9-10-11-12-31-48-77-72-68(79-51-56-36-23-15-24-37-56)66(78-50-55-34-21-14-22-35-55)64(62(81-72)52-76-49-54-32-19-13-20-33-54)84-71(58-44-46-59(75-6)47-45-58)85-69-67(65-63(82-73(69)87-8-2)53-80-70(83-65)57-38-25-16-26-39-57)86-88(74(3,4)5,60-40-27-17-28-41-60)61-42-29-18-30-43-61/h13-30,32-47,62-73H,7-12,31,48-53H2,1-6H3/t62-,63-,64-,65-,66+,67+,68-,69+,70-,71-,72-,73-/m1/s1. The molecular weight excluding hydrogens is 1140 g/mol. The van der Waals surface area contributed by atoms with Gasteiger partial charge in [-0.15, -0.1) is 11.8 Å². The minimum absolute atomic E-state index is 0.126. The molecule has 3 saturated heterocycles. The Morgan fingerprint density at radius 3 is 1.64 bits per heavy atom. The fourth-order valence-corrected chi connectivity index (χ4v) is 17.8. The number of rotatable bonds is 31. The molecule has 10 rings (SSSR count). The molecule has 7 aromatic rings. The largest absolute Gasteiger partial charge is 0.497 e. The lowest BCUT2D eigenvalue weighted by atomic mass is 9.97. The molecule has 0 amide bonds. The van der Waals surface area contributed by atoms with Crippen LogP contribution in [0.2, 0.25) is 5.04 Å². The first-order valence-electron chi connectivity index (χ1n) is 31.7. The Bertz CT molecular complexity index is 3020. The van der Waals surface area contributed by atoms with Crippen LogP contribution in [0.4, 0.5) is 0 Å². The van der Waals surface area contributed by atoms with Crippen molar-refractivity contribution in [2.45, 2.75) is 171 Å².